The van der Waals surface area contributed by atoms with Gasteiger partial charge in [0.05, 0.1) is 10.2 Å². The number of aryl methyl sites for hydroxylation is 1. The summed E-state index contributed by atoms with van der Waals surface area (Å²) in [7, 11) is 0. The van der Waals surface area contributed by atoms with Crippen LogP contribution in [0.25, 0.3) is 10.2 Å². The van der Waals surface area contributed by atoms with E-state index >= 15 is 0 Å². The van der Waals surface area contributed by atoms with Gasteiger partial charge in [0.15, 0.2) is 4.34 Å². The second-order valence-corrected chi connectivity index (χ2v) is 11.0. The topological polar surface area (TPSA) is 42.0 Å². The summed E-state index contributed by atoms with van der Waals surface area (Å²) in [6.45, 7) is 8.68. The van der Waals surface area contributed by atoms with E-state index in [0.717, 1.165) is 31.6 Å². The van der Waals surface area contributed by atoms with Crippen LogP contribution in [0.3, 0.4) is 0 Å². The van der Waals surface area contributed by atoms with Crippen LogP contribution in [0, 0.1) is 6.92 Å². The van der Waals surface area contributed by atoms with Gasteiger partial charge < -0.3 is 5.32 Å². The van der Waals surface area contributed by atoms with Crippen molar-refractivity contribution in [3.63, 3.8) is 0 Å². The van der Waals surface area contributed by atoms with Crippen molar-refractivity contribution in [3.8, 4) is 0 Å². The average molecular weight is 447 g/mol. The van der Waals surface area contributed by atoms with Gasteiger partial charge in [0.1, 0.15) is 0 Å². The molecule has 0 saturated carbocycles. The zero-order chi connectivity index (χ0) is 22.0. The fraction of sp³-hybridized carbons (Fsp3) is 0.231. The van der Waals surface area contributed by atoms with Gasteiger partial charge in [-0.3, -0.25) is 4.79 Å². The normalized spacial score (nSPS) is 11.6. The van der Waals surface area contributed by atoms with Crippen LogP contribution in [-0.2, 0) is 11.2 Å². The summed E-state index contributed by atoms with van der Waals surface area (Å²) in [4.78, 5) is 17.3. The maximum Gasteiger partial charge on any atom is 0.255 e. The smallest absolute Gasteiger partial charge is 0.255 e. The van der Waals surface area contributed by atoms with Crippen molar-refractivity contribution in [2.45, 2.75) is 43.2 Å². The van der Waals surface area contributed by atoms with E-state index in [1.807, 2.05) is 49.4 Å². The first-order valence-corrected chi connectivity index (χ1v) is 12.1. The molecule has 1 heterocycles. The number of benzene rings is 3. The Bertz CT molecular complexity index is 1220. The van der Waals surface area contributed by atoms with E-state index in [-0.39, 0.29) is 11.3 Å². The van der Waals surface area contributed by atoms with E-state index < -0.39 is 0 Å². The molecular weight excluding hydrogens is 420 g/mol. The third-order valence-corrected chi connectivity index (χ3v) is 7.32. The highest BCUT2D eigenvalue weighted by Crippen LogP contribution is 2.33. The summed E-state index contributed by atoms with van der Waals surface area (Å²) in [5, 5.41) is 3.00. The Balaban J connectivity index is 1.43. The van der Waals surface area contributed by atoms with E-state index in [1.165, 1.54) is 11.1 Å². The van der Waals surface area contributed by atoms with Gasteiger partial charge in [-0.1, -0.05) is 74.5 Å². The van der Waals surface area contributed by atoms with Crippen LogP contribution in [-0.4, -0.2) is 10.9 Å². The minimum absolute atomic E-state index is 0.0964. The Hall–Kier alpha value is -2.63. The molecule has 0 aliphatic rings. The number of nitrogens with one attached hydrogen (secondary N) is 1. The second kappa shape index (κ2) is 8.85. The fourth-order valence-electron chi connectivity index (χ4n) is 3.28. The fourth-order valence-corrected chi connectivity index (χ4v) is 5.34. The molecular formula is C26H26N2OS2. The molecule has 0 atom stereocenters. The van der Waals surface area contributed by atoms with E-state index in [2.05, 4.69) is 50.4 Å². The number of aromatic nitrogens is 1. The molecule has 1 amide bonds. The van der Waals surface area contributed by atoms with Gasteiger partial charge in [0, 0.05) is 17.0 Å². The van der Waals surface area contributed by atoms with E-state index in [1.54, 1.807) is 23.1 Å². The van der Waals surface area contributed by atoms with Gasteiger partial charge in [-0.25, -0.2) is 4.98 Å². The predicted molar refractivity (Wildman–Crippen MR) is 133 cm³/mol. The zero-order valence-electron chi connectivity index (χ0n) is 18.2. The lowest BCUT2D eigenvalue weighted by Gasteiger charge is -2.19. The van der Waals surface area contributed by atoms with Crippen LogP contribution in [0.1, 0.15) is 47.8 Å². The number of anilines is 1. The quantitative estimate of drug-likeness (QED) is 0.324. The Labute approximate surface area is 191 Å². The molecule has 0 unspecified atom stereocenters. The third kappa shape index (κ3) is 5.35. The maximum absolute atomic E-state index is 12.5. The number of thiazole rings is 1. The van der Waals surface area contributed by atoms with Gasteiger partial charge in [-0.15, -0.1) is 11.3 Å². The Kier molecular flexibility index (Phi) is 6.17. The zero-order valence-corrected chi connectivity index (χ0v) is 19.9. The van der Waals surface area contributed by atoms with Gasteiger partial charge in [-0.05, 0) is 53.8 Å². The highest BCUT2D eigenvalue weighted by Gasteiger charge is 2.13. The number of nitrogens with zero attached hydrogens (tertiary/aromatic N) is 1. The van der Waals surface area contributed by atoms with Gasteiger partial charge >= 0.3 is 0 Å². The first-order valence-electron chi connectivity index (χ1n) is 10.3. The monoisotopic (exact) mass is 446 g/mol. The summed E-state index contributed by atoms with van der Waals surface area (Å²) in [5.41, 5.74) is 6.30. The second-order valence-electron chi connectivity index (χ2n) is 8.72. The molecule has 31 heavy (non-hydrogen) atoms. The van der Waals surface area contributed by atoms with Crippen LogP contribution in [0.15, 0.2) is 71.1 Å². The lowest BCUT2D eigenvalue weighted by atomic mass is 9.87. The van der Waals surface area contributed by atoms with Crippen molar-refractivity contribution in [3.05, 3.63) is 89.0 Å². The third-order valence-electron chi connectivity index (χ3n) is 5.09. The summed E-state index contributed by atoms with van der Waals surface area (Å²) in [5.74, 6) is 0.794. The number of hydrogen-bond donors (Lipinski definition) is 1. The van der Waals surface area contributed by atoms with Crippen molar-refractivity contribution in [1.29, 1.82) is 0 Å². The number of hydrogen-bond acceptors (Lipinski definition) is 4. The summed E-state index contributed by atoms with van der Waals surface area (Å²) < 4.78 is 2.12. The molecule has 0 fully saturated rings. The maximum atomic E-state index is 12.5. The highest BCUT2D eigenvalue weighted by atomic mass is 32.2. The van der Waals surface area contributed by atoms with Crippen molar-refractivity contribution in [2.75, 3.05) is 5.32 Å². The molecule has 5 heteroatoms. The van der Waals surface area contributed by atoms with Crippen LogP contribution in [0.2, 0.25) is 0 Å². The van der Waals surface area contributed by atoms with Crippen LogP contribution >= 0.6 is 23.1 Å². The Morgan fingerprint density at radius 3 is 2.52 bits per heavy atom. The van der Waals surface area contributed by atoms with E-state index in [4.69, 9.17) is 4.98 Å². The van der Waals surface area contributed by atoms with Crippen molar-refractivity contribution < 1.29 is 4.79 Å². The van der Waals surface area contributed by atoms with E-state index in [0.29, 0.717) is 5.56 Å². The number of carbonyl (C=O) groups is 1. The summed E-state index contributed by atoms with van der Waals surface area (Å²) in [6, 6.07) is 22.3. The molecule has 3 nitrogen and oxygen atoms in total. The van der Waals surface area contributed by atoms with E-state index in [9.17, 15) is 4.79 Å². The lowest BCUT2D eigenvalue weighted by molar-refractivity contribution is 0.102. The number of amides is 1. The molecule has 0 radical (unpaired) electrons. The molecule has 0 aliphatic heterocycles. The molecule has 1 aromatic heterocycles. The number of fused-ring (bicyclic) bond motifs is 1. The Morgan fingerprint density at radius 1 is 1.03 bits per heavy atom. The molecule has 4 aromatic rings. The number of rotatable bonds is 5. The molecule has 3 aromatic carbocycles. The average Bonchev–Trinajstić information content (AvgIpc) is 3.14. The largest absolute Gasteiger partial charge is 0.322 e. The van der Waals surface area contributed by atoms with Gasteiger partial charge in [-0.2, -0.15) is 0 Å². The molecule has 0 saturated heterocycles. The lowest BCUT2D eigenvalue weighted by Crippen LogP contribution is -2.11. The molecule has 1 N–H and O–H groups in total. The Morgan fingerprint density at radius 2 is 1.81 bits per heavy atom. The summed E-state index contributed by atoms with van der Waals surface area (Å²) in [6.07, 6.45) is 0. The standard InChI is InChI=1S/C26H26N2OS2/c1-17-6-5-7-19(14-17)24(29)27-21-12-13-22-23(15-21)31-25(28-22)30-16-18-8-10-20(11-9-18)26(2,3)4/h5-15H,16H2,1-4H3,(H,27,29). The van der Waals surface area contributed by atoms with Crippen LogP contribution < -0.4 is 5.32 Å². The molecule has 158 valence electrons. The number of carbonyl (C=O) groups excluding carboxylic acids is 1. The predicted octanol–water partition coefficient (Wildman–Crippen LogP) is 7.45. The SMILES string of the molecule is Cc1cccc(C(=O)Nc2ccc3nc(SCc4ccc(C(C)(C)C)cc4)sc3c2)c1. The van der Waals surface area contributed by atoms with Crippen molar-refractivity contribution >= 4 is 44.9 Å². The highest BCUT2D eigenvalue weighted by molar-refractivity contribution is 8.00. The summed E-state index contributed by atoms with van der Waals surface area (Å²) >= 11 is 3.41. The van der Waals surface area contributed by atoms with Crippen molar-refractivity contribution in [2.24, 2.45) is 0 Å². The first kappa shape index (κ1) is 21.6. The molecule has 0 bridgehead atoms. The van der Waals surface area contributed by atoms with Crippen LogP contribution in [0.5, 0.6) is 0 Å². The van der Waals surface area contributed by atoms with Crippen molar-refractivity contribution in [1.82, 2.24) is 4.98 Å². The molecule has 4 rings (SSSR count). The minimum Gasteiger partial charge on any atom is -0.322 e. The first-order chi connectivity index (χ1) is 14.8. The van der Waals surface area contributed by atoms with Gasteiger partial charge in [0.25, 0.3) is 5.91 Å². The van der Waals surface area contributed by atoms with Crippen LogP contribution in [0.4, 0.5) is 5.69 Å². The minimum atomic E-state index is -0.0964. The molecule has 0 spiro atoms. The number of thioether (sulfide) groups is 1. The molecule has 0 aliphatic carbocycles. The van der Waals surface area contributed by atoms with Gasteiger partial charge in [0.2, 0.25) is 0 Å².